The van der Waals surface area contributed by atoms with Crippen molar-refractivity contribution in [2.24, 2.45) is 17.8 Å². The molecule has 0 unspecified atom stereocenters. The van der Waals surface area contributed by atoms with Gasteiger partial charge in [-0.2, -0.15) is 0 Å². The van der Waals surface area contributed by atoms with Crippen LogP contribution in [0.5, 0.6) is 0 Å². The van der Waals surface area contributed by atoms with E-state index in [1.54, 1.807) is 48.5 Å². The number of amides is 10. The molecule has 12 atom stereocenters. The number of cyclic esters (lactones) is 2. The normalized spacial score (nSPS) is 27.7. The number of nitrogens with two attached hydrogens (primary N) is 1. The van der Waals surface area contributed by atoms with Gasteiger partial charge in [-0.3, -0.25) is 57.5 Å². The highest BCUT2D eigenvalue weighted by Crippen LogP contribution is 2.34. The van der Waals surface area contributed by atoms with Crippen molar-refractivity contribution < 1.29 is 81.3 Å². The number of rotatable bonds is 8. The molecule has 0 radical (unpaired) electrons. The van der Waals surface area contributed by atoms with E-state index in [1.165, 1.54) is 67.2 Å². The third kappa shape index (κ3) is 13.9. The molecule has 7 N–H and O–H groups in total. The molecule has 30 nitrogen and oxygen atoms in total. The summed E-state index contributed by atoms with van der Waals surface area (Å²) in [6, 6.07) is -9.27. The van der Waals surface area contributed by atoms with Gasteiger partial charge in [-0.05, 0) is 64.0 Å². The lowest BCUT2D eigenvalue weighted by molar-refractivity contribution is -0.163. The zero-order chi connectivity index (χ0) is 67.8. The minimum Gasteiger partial charge on any atom is -0.458 e. The van der Waals surface area contributed by atoms with E-state index in [4.69, 9.17) is 31.2 Å². The van der Waals surface area contributed by atoms with E-state index in [9.17, 15) is 67.4 Å². The van der Waals surface area contributed by atoms with E-state index in [0.29, 0.717) is 0 Å². The Bertz CT molecular complexity index is 3500. The van der Waals surface area contributed by atoms with Crippen LogP contribution in [0.25, 0.3) is 22.6 Å². The molecule has 10 amide bonds. The number of aliphatic hydroxyl groups excluding tert-OH is 1. The van der Waals surface area contributed by atoms with Crippen molar-refractivity contribution in [3.05, 3.63) is 45.1 Å². The van der Waals surface area contributed by atoms with Crippen molar-refractivity contribution in [2.75, 3.05) is 59.4 Å². The Labute approximate surface area is 528 Å². The number of Topliss-reactive ketones (excluding diaryl/α,β-unsaturated/α-hetero) is 1. The number of para-hydroxylation sites is 1. The van der Waals surface area contributed by atoms with E-state index >= 15 is 4.79 Å². The Morgan fingerprint density at radius 1 is 0.736 bits per heavy atom. The first-order chi connectivity index (χ1) is 42.5. The number of likely N-dealkylation sites (N-methyl/N-ethyl adjacent to an activating group) is 4. The lowest BCUT2D eigenvalue weighted by Gasteiger charge is -2.37. The number of benzene rings is 2. The summed E-state index contributed by atoms with van der Waals surface area (Å²) in [6.07, 6.45) is -5.21. The maximum Gasteiger partial charge on any atom is 0.329 e. The van der Waals surface area contributed by atoms with E-state index in [-0.39, 0.29) is 34.4 Å². The van der Waals surface area contributed by atoms with Crippen LogP contribution in [0.2, 0.25) is 0 Å². The predicted molar refractivity (Wildman–Crippen MR) is 323 cm³/mol. The number of anilines is 1. The SMILES string of the molecule is Cc1c2oc3cccc(C(=O)N[C@@H]4C(=O)N[C@H](C(C)C)C(=O)N5[C@H](C(=O)N(C)CC(=O)N(C)[C@@H](C(C)C)C(=O)O[C@@H]4C)[C@@H](O)C[C@@H]5C)c3nc-2c(C(=O)N[C@@H]2C(=O)N[C@H](C(C)C)C(=O)N3CC(=O)C[C@H]3C(=O)N(C)CC(=O)N(C)[C@@H](C)C(=O)O[C@@H]2CCl)c(N)c1=O. The summed E-state index contributed by atoms with van der Waals surface area (Å²) in [5.74, 6) is -15.3. The van der Waals surface area contributed by atoms with E-state index in [1.807, 2.05) is 0 Å². The summed E-state index contributed by atoms with van der Waals surface area (Å²) < 4.78 is 17.9. The van der Waals surface area contributed by atoms with Crippen molar-refractivity contribution in [2.45, 2.75) is 155 Å². The van der Waals surface area contributed by atoms with Gasteiger partial charge in [0.25, 0.3) is 11.8 Å². The molecule has 4 saturated heterocycles. The zero-order valence-electron chi connectivity index (χ0n) is 53.1. The van der Waals surface area contributed by atoms with Gasteiger partial charge < -0.3 is 75.4 Å². The van der Waals surface area contributed by atoms with Crippen molar-refractivity contribution >= 4 is 105 Å². The standard InChI is InChI=1S/C60H79ClN12O18/c1-24(2)41-56(84)72-21-31(74)19-33(72)55(83)68(11)22-37(76)70(13)29(9)59(87)91-36(20-61)45(54(82)64-41)67-52(80)39-40(62)49(78)28(8)50-46(39)63-44-32(16-15-17-35(44)90-50)51(79)66-43-30(10)89-60(88)47(26(5)6)71(14)38(77)23-69(12)58(86)48-34(75)18-27(7)73(48)57(85)42(25(3)4)65-53(43)81/h15-17,24-27,29-30,33-34,36,41-43,45,47-48,75H,18-23,62H2,1-14H3,(H,64,82)(H,65,81)(H,66,79)(H,67,80)/t27-,29-,30+,33-,34-,36+,41+,42+,43-,45-,47-,48-/m0/s1. The largest absolute Gasteiger partial charge is 0.458 e. The molecular weight excluding hydrogens is 1210 g/mol. The number of ether oxygens (including phenoxy) is 2. The van der Waals surface area contributed by atoms with E-state index < -0.39 is 222 Å². The zero-order valence-corrected chi connectivity index (χ0v) is 53.9. The fourth-order valence-electron chi connectivity index (χ4n) is 11.7. The molecule has 5 heterocycles. The average molecular weight is 1290 g/mol. The van der Waals surface area contributed by atoms with Crippen molar-refractivity contribution in [3.8, 4) is 11.5 Å². The number of fused-ring (bicyclic) bond motifs is 4. The molecule has 91 heavy (non-hydrogen) atoms. The van der Waals surface area contributed by atoms with Gasteiger partial charge in [-0.1, -0.05) is 47.6 Å². The quantitative estimate of drug-likeness (QED) is 0.0649. The number of ketones is 1. The van der Waals surface area contributed by atoms with Crippen LogP contribution >= 0.6 is 11.6 Å². The topological polar surface area (TPSA) is 397 Å². The molecule has 0 aromatic heterocycles. The number of alkyl halides is 1. The maximum atomic E-state index is 15.1. The summed E-state index contributed by atoms with van der Waals surface area (Å²) >= 11 is 6.46. The van der Waals surface area contributed by atoms with Gasteiger partial charge in [-0.25, -0.2) is 14.6 Å². The van der Waals surface area contributed by atoms with Crippen LogP contribution in [0.4, 0.5) is 5.69 Å². The minimum atomic E-state index is -2.08. The molecule has 1 aromatic rings. The molecule has 7 rings (SSSR count). The summed E-state index contributed by atoms with van der Waals surface area (Å²) in [5, 5.41) is 21.5. The van der Waals surface area contributed by atoms with Gasteiger partial charge >= 0.3 is 11.9 Å². The number of hydrogen-bond acceptors (Lipinski definition) is 20. The summed E-state index contributed by atoms with van der Waals surface area (Å²) in [7, 11) is 5.15. The van der Waals surface area contributed by atoms with E-state index in [0.717, 1.165) is 29.4 Å². The second kappa shape index (κ2) is 27.7. The van der Waals surface area contributed by atoms with Crippen LogP contribution in [-0.4, -0.2) is 243 Å². The molecule has 5 aliphatic heterocycles. The number of nitrogen functional groups attached to an aromatic ring is 1. The summed E-state index contributed by atoms with van der Waals surface area (Å²) in [5.41, 5.74) is 2.47. The van der Waals surface area contributed by atoms with Crippen molar-refractivity contribution in [3.63, 3.8) is 0 Å². The maximum absolute atomic E-state index is 15.1. The second-order valence-electron chi connectivity index (χ2n) is 24.8. The third-order valence-electron chi connectivity index (χ3n) is 17.2. The highest BCUT2D eigenvalue weighted by Gasteiger charge is 2.51. The monoisotopic (exact) mass is 1290 g/mol. The molecule has 1 aliphatic carbocycles. The molecule has 1 aromatic carbocycles. The van der Waals surface area contributed by atoms with Gasteiger partial charge in [0.15, 0.2) is 17.1 Å². The molecule has 31 heteroatoms. The number of esters is 2. The third-order valence-corrected chi connectivity index (χ3v) is 17.5. The molecule has 0 bridgehead atoms. The second-order valence-corrected chi connectivity index (χ2v) is 25.1. The number of nitrogens with one attached hydrogen (secondary N) is 4. The molecule has 0 saturated carbocycles. The van der Waals surface area contributed by atoms with Crippen LogP contribution in [0.15, 0.2) is 27.4 Å². The fourth-order valence-corrected chi connectivity index (χ4v) is 11.9. The number of hydrogen-bond donors (Lipinski definition) is 6. The molecule has 0 spiro atoms. The van der Waals surface area contributed by atoms with E-state index in [2.05, 4.69) is 26.3 Å². The van der Waals surface area contributed by atoms with Crippen molar-refractivity contribution in [1.29, 1.82) is 0 Å². The van der Waals surface area contributed by atoms with Gasteiger partial charge in [-0.15, -0.1) is 11.6 Å². The molecule has 6 aliphatic rings. The van der Waals surface area contributed by atoms with Crippen LogP contribution < -0.4 is 32.4 Å². The number of carbonyl (C=O) groups is 13. The number of halogens is 1. The first-order valence-electron chi connectivity index (χ1n) is 29.7. The minimum absolute atomic E-state index is 0.0320. The Balaban J connectivity index is 1.32. The lowest BCUT2D eigenvalue weighted by atomic mass is 9.98. The Morgan fingerprint density at radius 3 is 1.90 bits per heavy atom. The molecule has 494 valence electrons. The van der Waals surface area contributed by atoms with Gasteiger partial charge in [0.05, 0.1) is 48.4 Å². The van der Waals surface area contributed by atoms with Crippen LogP contribution in [-0.2, 0) is 62.2 Å². The summed E-state index contributed by atoms with van der Waals surface area (Å²) in [6.45, 7) is 13.3. The molecular formula is C60H79ClN12O18. The van der Waals surface area contributed by atoms with Gasteiger partial charge in [0.2, 0.25) is 52.7 Å². The Kier molecular flexibility index (Phi) is 21.2. The van der Waals surface area contributed by atoms with Crippen LogP contribution in [0.3, 0.4) is 0 Å². The average Bonchev–Trinajstić information content (AvgIpc) is 0.848. The van der Waals surface area contributed by atoms with Gasteiger partial charge in [0, 0.05) is 46.2 Å². The number of aliphatic hydroxyl groups is 1. The Morgan fingerprint density at radius 2 is 1.31 bits per heavy atom. The van der Waals surface area contributed by atoms with Crippen LogP contribution in [0.1, 0.15) is 101 Å². The highest BCUT2D eigenvalue weighted by atomic mass is 35.5. The lowest BCUT2D eigenvalue weighted by Crippen LogP contribution is -2.62. The number of carbonyl (C=O) groups excluding carboxylic acids is 13. The highest BCUT2D eigenvalue weighted by molar-refractivity contribution is 6.19. The van der Waals surface area contributed by atoms with Crippen molar-refractivity contribution in [1.82, 2.24) is 55.7 Å². The number of nitrogens with zero attached hydrogens (tertiary/aromatic N) is 7. The predicted octanol–water partition coefficient (Wildman–Crippen LogP) is -1.46. The smallest absolute Gasteiger partial charge is 0.329 e. The Hall–Kier alpha value is -8.80. The first kappa shape index (κ1) is 69.7. The molecule has 4 fully saturated rings. The number of aromatic nitrogens is 1. The van der Waals surface area contributed by atoms with Gasteiger partial charge in [0.1, 0.15) is 71.8 Å². The summed E-state index contributed by atoms with van der Waals surface area (Å²) in [4.78, 5) is 210. The van der Waals surface area contributed by atoms with Crippen LogP contribution in [0, 0.1) is 24.7 Å². The fraction of sp³-hybridized carbons (Fsp3) is 0.583. The first-order valence-corrected chi connectivity index (χ1v) is 30.3.